The van der Waals surface area contributed by atoms with E-state index in [0.29, 0.717) is 23.6 Å². The molecule has 1 aromatic heterocycles. The van der Waals surface area contributed by atoms with E-state index in [1.54, 1.807) is 23.1 Å². The lowest BCUT2D eigenvalue weighted by Gasteiger charge is -2.16. The van der Waals surface area contributed by atoms with Gasteiger partial charge in [0, 0.05) is 31.4 Å². The Labute approximate surface area is 145 Å². The van der Waals surface area contributed by atoms with Crippen LogP contribution in [0.5, 0.6) is 11.5 Å². The molecule has 1 aromatic carbocycles. The Hall–Kier alpha value is -2.93. The van der Waals surface area contributed by atoms with Crippen molar-refractivity contribution in [2.24, 2.45) is 5.73 Å². The molecule has 0 bridgehead atoms. The number of anilines is 1. The number of amides is 1. The number of methoxy groups -OCH3 is 1. The smallest absolute Gasteiger partial charge is 0.339 e. The molecule has 1 aliphatic heterocycles. The zero-order chi connectivity index (χ0) is 17.8. The zero-order valence-corrected chi connectivity index (χ0v) is 13.9. The molecule has 0 spiro atoms. The molecule has 3 rings (SSSR count). The number of carbonyl (C=O) groups excluding carboxylic acids is 2. The summed E-state index contributed by atoms with van der Waals surface area (Å²) in [6.07, 6.45) is 2.87. The van der Waals surface area contributed by atoms with Gasteiger partial charge >= 0.3 is 5.97 Å². The van der Waals surface area contributed by atoms with Gasteiger partial charge in [-0.05, 0) is 36.8 Å². The Morgan fingerprint density at radius 3 is 2.68 bits per heavy atom. The molecule has 2 N–H and O–H groups in total. The summed E-state index contributed by atoms with van der Waals surface area (Å²) in [4.78, 5) is 29.4. The van der Waals surface area contributed by atoms with Crippen LogP contribution in [0.15, 0.2) is 36.5 Å². The quantitative estimate of drug-likeness (QED) is 0.838. The average Bonchev–Trinajstić information content (AvgIpc) is 3.07. The monoisotopic (exact) mass is 341 g/mol. The van der Waals surface area contributed by atoms with Crippen molar-refractivity contribution in [3.8, 4) is 11.5 Å². The van der Waals surface area contributed by atoms with Gasteiger partial charge in [0.25, 0.3) is 0 Å². The van der Waals surface area contributed by atoms with Gasteiger partial charge in [0.15, 0.2) is 5.75 Å². The number of benzene rings is 1. The molecule has 0 saturated carbocycles. The van der Waals surface area contributed by atoms with E-state index in [9.17, 15) is 9.59 Å². The van der Waals surface area contributed by atoms with Crippen molar-refractivity contribution in [2.75, 3.05) is 18.6 Å². The second-order valence-electron chi connectivity index (χ2n) is 5.61. The minimum atomic E-state index is -0.496. The van der Waals surface area contributed by atoms with E-state index in [4.69, 9.17) is 15.2 Å². The van der Waals surface area contributed by atoms with Crippen molar-refractivity contribution < 1.29 is 19.1 Å². The summed E-state index contributed by atoms with van der Waals surface area (Å²) in [6.45, 7) is 0.915. The molecule has 2 heterocycles. The number of aromatic nitrogens is 1. The van der Waals surface area contributed by atoms with E-state index in [1.807, 2.05) is 12.1 Å². The van der Waals surface area contributed by atoms with Gasteiger partial charge < -0.3 is 20.1 Å². The third kappa shape index (κ3) is 3.61. The Kier molecular flexibility index (Phi) is 4.95. The molecule has 0 radical (unpaired) electrons. The van der Waals surface area contributed by atoms with E-state index in [1.165, 1.54) is 13.3 Å². The number of nitrogens with zero attached hydrogens (tertiary/aromatic N) is 2. The van der Waals surface area contributed by atoms with Crippen molar-refractivity contribution in [3.63, 3.8) is 0 Å². The van der Waals surface area contributed by atoms with Crippen LogP contribution in [0.1, 0.15) is 28.9 Å². The Balaban J connectivity index is 1.81. The number of rotatable bonds is 5. The van der Waals surface area contributed by atoms with E-state index in [2.05, 4.69) is 4.98 Å². The van der Waals surface area contributed by atoms with Gasteiger partial charge in [-0.3, -0.25) is 9.78 Å². The fourth-order valence-electron chi connectivity index (χ4n) is 2.69. The van der Waals surface area contributed by atoms with Crippen molar-refractivity contribution in [1.29, 1.82) is 0 Å². The first kappa shape index (κ1) is 16.9. The second-order valence-corrected chi connectivity index (χ2v) is 5.61. The summed E-state index contributed by atoms with van der Waals surface area (Å²) in [7, 11) is 1.30. The predicted molar refractivity (Wildman–Crippen MR) is 91.6 cm³/mol. The molecule has 0 unspecified atom stereocenters. The maximum absolute atomic E-state index is 11.8. The van der Waals surface area contributed by atoms with E-state index in [-0.39, 0.29) is 18.0 Å². The highest BCUT2D eigenvalue weighted by Crippen LogP contribution is 2.28. The molecule has 1 fully saturated rings. The summed E-state index contributed by atoms with van der Waals surface area (Å²) in [5.41, 5.74) is 7.34. The van der Waals surface area contributed by atoms with Crippen LogP contribution in [-0.4, -0.2) is 30.5 Å². The summed E-state index contributed by atoms with van der Waals surface area (Å²) < 4.78 is 10.5. The molecule has 7 heteroatoms. The van der Waals surface area contributed by atoms with Gasteiger partial charge in [-0.2, -0.15) is 0 Å². The first-order valence-electron chi connectivity index (χ1n) is 7.98. The van der Waals surface area contributed by atoms with Crippen LogP contribution in [0.2, 0.25) is 0 Å². The highest BCUT2D eigenvalue weighted by molar-refractivity contribution is 5.95. The molecule has 0 atom stereocenters. The summed E-state index contributed by atoms with van der Waals surface area (Å²) in [6, 6.07) is 8.76. The van der Waals surface area contributed by atoms with Crippen molar-refractivity contribution >= 4 is 17.6 Å². The first-order valence-corrected chi connectivity index (χ1v) is 7.98. The van der Waals surface area contributed by atoms with Gasteiger partial charge in [0.1, 0.15) is 5.75 Å². The van der Waals surface area contributed by atoms with Gasteiger partial charge in [0.05, 0.1) is 18.4 Å². The maximum atomic E-state index is 11.8. The number of carbonyl (C=O) groups is 2. The molecule has 1 saturated heterocycles. The second kappa shape index (κ2) is 7.31. The minimum Gasteiger partial charge on any atom is -0.465 e. The van der Waals surface area contributed by atoms with Crippen LogP contribution in [-0.2, 0) is 16.1 Å². The summed E-state index contributed by atoms with van der Waals surface area (Å²) in [5, 5.41) is 0. The zero-order valence-electron chi connectivity index (χ0n) is 13.9. The van der Waals surface area contributed by atoms with E-state index < -0.39 is 5.97 Å². The van der Waals surface area contributed by atoms with E-state index in [0.717, 1.165) is 18.7 Å². The van der Waals surface area contributed by atoms with Gasteiger partial charge in [0.2, 0.25) is 5.91 Å². The van der Waals surface area contributed by atoms with Crippen molar-refractivity contribution in [1.82, 2.24) is 4.98 Å². The number of nitrogens with two attached hydrogens (primary N) is 1. The first-order chi connectivity index (χ1) is 12.1. The third-order valence-electron chi connectivity index (χ3n) is 3.99. The lowest BCUT2D eigenvalue weighted by molar-refractivity contribution is -0.117. The Morgan fingerprint density at radius 2 is 2.08 bits per heavy atom. The predicted octanol–water partition coefficient (Wildman–Crippen LogP) is 2.25. The third-order valence-corrected chi connectivity index (χ3v) is 3.99. The summed E-state index contributed by atoms with van der Waals surface area (Å²) >= 11 is 0. The number of ether oxygens (including phenoxy) is 2. The average molecular weight is 341 g/mol. The molecular weight excluding hydrogens is 322 g/mol. The molecule has 0 aliphatic carbocycles. The SMILES string of the molecule is COC(=O)c1cnc(CN)c(Oc2ccc(N3CCCC3=O)cc2)c1. The van der Waals surface area contributed by atoms with Crippen LogP contribution in [0.3, 0.4) is 0 Å². The highest BCUT2D eigenvalue weighted by Gasteiger charge is 2.21. The fourth-order valence-corrected chi connectivity index (χ4v) is 2.69. The number of pyridine rings is 1. The topological polar surface area (TPSA) is 94.8 Å². The largest absolute Gasteiger partial charge is 0.465 e. The normalized spacial score (nSPS) is 13.8. The molecule has 7 nitrogen and oxygen atoms in total. The van der Waals surface area contributed by atoms with Crippen molar-refractivity contribution in [3.05, 3.63) is 47.8 Å². The van der Waals surface area contributed by atoms with Crippen molar-refractivity contribution in [2.45, 2.75) is 19.4 Å². The summed E-state index contributed by atoms with van der Waals surface area (Å²) in [5.74, 6) is 0.599. The number of hydrogen-bond donors (Lipinski definition) is 1. The maximum Gasteiger partial charge on any atom is 0.339 e. The lowest BCUT2D eigenvalue weighted by atomic mass is 10.2. The highest BCUT2D eigenvalue weighted by atomic mass is 16.5. The molecule has 2 aromatic rings. The Morgan fingerprint density at radius 1 is 1.32 bits per heavy atom. The van der Waals surface area contributed by atoms with Crippen LogP contribution >= 0.6 is 0 Å². The van der Waals surface area contributed by atoms with E-state index >= 15 is 0 Å². The Bertz CT molecular complexity index is 789. The van der Waals surface area contributed by atoms with Crippen LogP contribution in [0.4, 0.5) is 5.69 Å². The standard InChI is InChI=1S/C18H19N3O4/c1-24-18(23)12-9-16(15(10-19)20-11-12)25-14-6-4-13(5-7-14)21-8-2-3-17(21)22/h4-7,9,11H,2-3,8,10,19H2,1H3. The minimum absolute atomic E-state index is 0.133. The van der Waals surface area contributed by atoms with Gasteiger partial charge in [-0.25, -0.2) is 4.79 Å². The number of hydrogen-bond acceptors (Lipinski definition) is 6. The van der Waals surface area contributed by atoms with Gasteiger partial charge in [-0.1, -0.05) is 0 Å². The molecule has 25 heavy (non-hydrogen) atoms. The van der Waals surface area contributed by atoms with Crippen LogP contribution in [0, 0.1) is 0 Å². The number of esters is 1. The van der Waals surface area contributed by atoms with Crippen LogP contribution in [0.25, 0.3) is 0 Å². The molecule has 1 aliphatic rings. The van der Waals surface area contributed by atoms with Gasteiger partial charge in [-0.15, -0.1) is 0 Å². The molecular formula is C18H19N3O4. The fraction of sp³-hybridized carbons (Fsp3) is 0.278. The molecule has 130 valence electrons. The molecule has 1 amide bonds. The van der Waals surface area contributed by atoms with Crippen LogP contribution < -0.4 is 15.4 Å². The lowest BCUT2D eigenvalue weighted by Crippen LogP contribution is -2.23.